The van der Waals surface area contributed by atoms with Gasteiger partial charge in [0.05, 0.1) is 13.1 Å². The van der Waals surface area contributed by atoms with Crippen LogP contribution in [0.15, 0.2) is 47.0 Å². The van der Waals surface area contributed by atoms with Crippen molar-refractivity contribution in [2.45, 2.75) is 25.9 Å². The molecular formula is C21H14Cl3F4N5O2. The molecule has 0 bridgehead atoms. The van der Waals surface area contributed by atoms with Gasteiger partial charge in [-0.3, -0.25) is 14.2 Å². The third-order valence-corrected chi connectivity index (χ3v) is 5.78. The number of carbonyl (C=O) groups is 1. The zero-order valence-electron chi connectivity index (χ0n) is 17.4. The van der Waals surface area contributed by atoms with E-state index >= 15 is 0 Å². The standard InChI is InChI=1S/C21H14Cl3F4N5O2/c22-12-2-1-3-13(23)11(12)8-32-9-14(24)20(31-32)29-21(34)17-5-4-10(35-17)7-33-16(19(27)28)6-15(30-33)18(25)26/h1-6,9,18-19H,7-8H2,(H,29,31,34). The van der Waals surface area contributed by atoms with Crippen molar-refractivity contribution in [3.63, 3.8) is 0 Å². The van der Waals surface area contributed by atoms with Gasteiger partial charge in [0.1, 0.15) is 22.2 Å². The Balaban J connectivity index is 1.46. The first kappa shape index (κ1) is 25.1. The molecule has 0 unspecified atom stereocenters. The number of anilines is 1. The quantitative estimate of drug-likeness (QED) is 0.243. The first-order chi connectivity index (χ1) is 16.6. The van der Waals surface area contributed by atoms with Crippen molar-refractivity contribution in [2.24, 2.45) is 0 Å². The zero-order valence-corrected chi connectivity index (χ0v) is 19.6. The number of furan rings is 1. The first-order valence-electron chi connectivity index (χ1n) is 9.82. The summed E-state index contributed by atoms with van der Waals surface area (Å²) in [6.07, 6.45) is -4.56. The SMILES string of the molecule is O=C(Nc1nn(Cc2c(Cl)cccc2Cl)cc1Cl)c1ccc(Cn2nc(C(F)F)cc2C(F)F)o1. The van der Waals surface area contributed by atoms with Crippen LogP contribution in [-0.4, -0.2) is 25.5 Å². The van der Waals surface area contributed by atoms with Crippen molar-refractivity contribution in [2.75, 3.05) is 5.32 Å². The Hall–Kier alpha value is -3.02. The van der Waals surface area contributed by atoms with Crippen LogP contribution in [0.25, 0.3) is 0 Å². The number of rotatable bonds is 8. The molecule has 0 aliphatic heterocycles. The highest BCUT2D eigenvalue weighted by Crippen LogP contribution is 2.28. The van der Waals surface area contributed by atoms with Gasteiger partial charge in [-0.15, -0.1) is 0 Å². The van der Waals surface area contributed by atoms with Crippen LogP contribution in [-0.2, 0) is 13.1 Å². The number of hydrogen-bond donors (Lipinski definition) is 1. The second kappa shape index (κ2) is 10.3. The summed E-state index contributed by atoms with van der Waals surface area (Å²) in [6.45, 7) is -0.191. The monoisotopic (exact) mass is 549 g/mol. The van der Waals surface area contributed by atoms with Crippen LogP contribution in [0.5, 0.6) is 0 Å². The van der Waals surface area contributed by atoms with Crippen molar-refractivity contribution >= 4 is 46.5 Å². The molecule has 0 spiro atoms. The van der Waals surface area contributed by atoms with E-state index in [4.69, 9.17) is 39.2 Å². The summed E-state index contributed by atoms with van der Waals surface area (Å²) < 4.78 is 59.5. The van der Waals surface area contributed by atoms with E-state index in [1.54, 1.807) is 18.2 Å². The summed E-state index contributed by atoms with van der Waals surface area (Å²) in [7, 11) is 0. The lowest BCUT2D eigenvalue weighted by Gasteiger charge is -2.06. The smallest absolute Gasteiger partial charge is 0.292 e. The summed E-state index contributed by atoms with van der Waals surface area (Å²) in [5.74, 6) is -0.820. The molecule has 0 radical (unpaired) electrons. The Bertz CT molecular complexity index is 1350. The predicted octanol–water partition coefficient (Wildman–Crippen LogP) is 6.86. The number of amides is 1. The number of nitrogens with zero attached hydrogens (tertiary/aromatic N) is 4. The Kier molecular flexibility index (Phi) is 7.39. The minimum absolute atomic E-state index is 0.0337. The van der Waals surface area contributed by atoms with E-state index in [9.17, 15) is 22.4 Å². The van der Waals surface area contributed by atoms with Crippen LogP contribution in [0.4, 0.5) is 23.4 Å². The summed E-state index contributed by atoms with van der Waals surface area (Å²) in [6, 6.07) is 8.30. The lowest BCUT2D eigenvalue weighted by Crippen LogP contribution is -2.12. The van der Waals surface area contributed by atoms with Gasteiger partial charge in [-0.25, -0.2) is 17.6 Å². The number of benzene rings is 1. The van der Waals surface area contributed by atoms with Crippen LogP contribution in [0.2, 0.25) is 15.1 Å². The zero-order chi connectivity index (χ0) is 25.3. The van der Waals surface area contributed by atoms with Crippen molar-refractivity contribution in [3.05, 3.63) is 86.1 Å². The molecule has 0 aliphatic rings. The molecule has 14 heteroatoms. The van der Waals surface area contributed by atoms with Gasteiger partial charge in [0.2, 0.25) is 0 Å². The van der Waals surface area contributed by atoms with Gasteiger partial charge in [-0.1, -0.05) is 40.9 Å². The van der Waals surface area contributed by atoms with Crippen molar-refractivity contribution in [3.8, 4) is 0 Å². The average molecular weight is 551 g/mol. The normalized spacial score (nSPS) is 11.6. The maximum Gasteiger partial charge on any atom is 0.292 e. The number of hydrogen-bond acceptors (Lipinski definition) is 4. The van der Waals surface area contributed by atoms with Crippen LogP contribution in [0.3, 0.4) is 0 Å². The molecule has 4 aromatic rings. The van der Waals surface area contributed by atoms with Crippen LogP contribution in [0, 0.1) is 0 Å². The van der Waals surface area contributed by atoms with Crippen LogP contribution in [0.1, 0.15) is 46.1 Å². The third-order valence-electron chi connectivity index (χ3n) is 4.80. The second-order valence-electron chi connectivity index (χ2n) is 7.20. The predicted molar refractivity (Wildman–Crippen MR) is 121 cm³/mol. The fraction of sp³-hybridized carbons (Fsp3) is 0.190. The lowest BCUT2D eigenvalue weighted by atomic mass is 10.2. The molecule has 1 amide bonds. The Morgan fingerprint density at radius 3 is 2.34 bits per heavy atom. The fourth-order valence-corrected chi connectivity index (χ4v) is 3.89. The summed E-state index contributed by atoms with van der Waals surface area (Å²) in [5, 5.41) is 11.2. The van der Waals surface area contributed by atoms with Crippen LogP contribution < -0.4 is 5.32 Å². The van der Waals surface area contributed by atoms with E-state index in [0.717, 1.165) is 0 Å². The van der Waals surface area contributed by atoms with E-state index in [2.05, 4.69) is 15.5 Å². The fourth-order valence-electron chi connectivity index (χ4n) is 3.17. The summed E-state index contributed by atoms with van der Waals surface area (Å²) in [4.78, 5) is 12.6. The van der Waals surface area contributed by atoms with Gasteiger partial charge in [0.25, 0.3) is 18.8 Å². The molecule has 1 aromatic carbocycles. The highest BCUT2D eigenvalue weighted by Gasteiger charge is 2.23. The van der Waals surface area contributed by atoms with Gasteiger partial charge in [-0.2, -0.15) is 10.2 Å². The van der Waals surface area contributed by atoms with E-state index in [-0.39, 0.29) is 35.5 Å². The highest BCUT2D eigenvalue weighted by molar-refractivity contribution is 6.36. The van der Waals surface area contributed by atoms with E-state index in [1.807, 2.05) is 0 Å². The molecule has 0 saturated carbocycles. The van der Waals surface area contributed by atoms with Gasteiger partial charge in [0.15, 0.2) is 11.6 Å². The first-order valence-corrected chi connectivity index (χ1v) is 11.0. The maximum absolute atomic E-state index is 13.2. The van der Waals surface area contributed by atoms with E-state index in [1.165, 1.54) is 23.0 Å². The Morgan fingerprint density at radius 1 is 0.971 bits per heavy atom. The Labute approximate surface area is 210 Å². The third kappa shape index (κ3) is 5.63. The summed E-state index contributed by atoms with van der Waals surface area (Å²) >= 11 is 18.5. The molecule has 3 aromatic heterocycles. The molecule has 4 rings (SSSR count). The number of alkyl halides is 4. The number of nitrogens with one attached hydrogen (secondary N) is 1. The molecular weight excluding hydrogens is 537 g/mol. The largest absolute Gasteiger partial charge is 0.454 e. The highest BCUT2D eigenvalue weighted by atomic mass is 35.5. The van der Waals surface area contributed by atoms with Crippen LogP contribution >= 0.6 is 34.8 Å². The molecule has 7 nitrogen and oxygen atoms in total. The summed E-state index contributed by atoms with van der Waals surface area (Å²) in [5.41, 5.74) is -0.868. The lowest BCUT2D eigenvalue weighted by molar-refractivity contribution is 0.0993. The van der Waals surface area contributed by atoms with Gasteiger partial charge in [-0.05, 0) is 30.3 Å². The van der Waals surface area contributed by atoms with E-state index < -0.39 is 30.1 Å². The van der Waals surface area contributed by atoms with Crippen molar-refractivity contribution < 1.29 is 26.8 Å². The van der Waals surface area contributed by atoms with Gasteiger partial charge >= 0.3 is 0 Å². The number of aromatic nitrogens is 4. The second-order valence-corrected chi connectivity index (χ2v) is 8.42. The number of halogens is 7. The van der Waals surface area contributed by atoms with E-state index in [0.29, 0.717) is 26.4 Å². The average Bonchev–Trinajstić information content (AvgIpc) is 3.51. The molecule has 0 fully saturated rings. The van der Waals surface area contributed by atoms with Crippen molar-refractivity contribution in [1.82, 2.24) is 19.6 Å². The minimum Gasteiger partial charge on any atom is -0.454 e. The van der Waals surface area contributed by atoms with Gasteiger partial charge in [0, 0.05) is 21.8 Å². The molecule has 1 N–H and O–H groups in total. The molecule has 184 valence electrons. The molecule has 35 heavy (non-hydrogen) atoms. The maximum atomic E-state index is 13.2. The molecule has 0 saturated heterocycles. The Morgan fingerprint density at radius 2 is 1.69 bits per heavy atom. The van der Waals surface area contributed by atoms with Crippen molar-refractivity contribution in [1.29, 1.82) is 0 Å². The van der Waals surface area contributed by atoms with Gasteiger partial charge < -0.3 is 9.73 Å². The molecule has 3 heterocycles. The topological polar surface area (TPSA) is 77.9 Å². The molecule has 0 aliphatic carbocycles. The minimum atomic E-state index is -3.02. The molecule has 0 atom stereocenters. The number of carbonyl (C=O) groups excluding carboxylic acids is 1.